The number of anilines is 1. The molecule has 1 amide bonds. The molecule has 2 heterocycles. The molecule has 6 nitrogen and oxygen atoms in total. The molecule has 3 rings (SSSR count). The van der Waals surface area contributed by atoms with Crippen molar-refractivity contribution in [2.24, 2.45) is 5.41 Å². The molecule has 0 aliphatic heterocycles. The molecular formula is C21H30N4O2S. The molecule has 0 aromatic carbocycles. The molecule has 1 fully saturated rings. The largest absolute Gasteiger partial charge is 0.373 e. The monoisotopic (exact) mass is 402 g/mol. The lowest BCUT2D eigenvalue weighted by molar-refractivity contribution is -0.118. The Morgan fingerprint density at radius 1 is 1.43 bits per heavy atom. The Bertz CT molecular complexity index is 747. The fourth-order valence-electron chi connectivity index (χ4n) is 3.67. The lowest BCUT2D eigenvalue weighted by atomic mass is 9.70. The summed E-state index contributed by atoms with van der Waals surface area (Å²) in [7, 11) is 1.86. The lowest BCUT2D eigenvalue weighted by Gasteiger charge is -2.37. The number of nitrogens with one attached hydrogen (secondary N) is 2. The van der Waals surface area contributed by atoms with E-state index in [1.54, 1.807) is 11.6 Å². The number of carbonyl (C=O) groups excluding carboxylic acids is 2. The second kappa shape index (κ2) is 10.9. The minimum Gasteiger partial charge on any atom is -0.373 e. The number of rotatable bonds is 6. The second-order valence-electron chi connectivity index (χ2n) is 7.25. The molecule has 0 bridgehead atoms. The summed E-state index contributed by atoms with van der Waals surface area (Å²) >= 11 is 1.34. The first-order chi connectivity index (χ1) is 13.5. The molecule has 2 unspecified atom stereocenters. The van der Waals surface area contributed by atoms with Gasteiger partial charge in [-0.15, -0.1) is 11.3 Å². The minimum atomic E-state index is -0.228. The Labute approximate surface area is 171 Å². The van der Waals surface area contributed by atoms with Gasteiger partial charge in [0.1, 0.15) is 12.1 Å². The van der Waals surface area contributed by atoms with Crippen LogP contribution in [0.15, 0.2) is 29.8 Å². The second-order valence-corrected chi connectivity index (χ2v) is 8.14. The van der Waals surface area contributed by atoms with Crippen molar-refractivity contribution in [1.29, 1.82) is 0 Å². The summed E-state index contributed by atoms with van der Waals surface area (Å²) in [5.74, 6) is 0.813. The van der Waals surface area contributed by atoms with Gasteiger partial charge >= 0.3 is 0 Å². The van der Waals surface area contributed by atoms with Crippen molar-refractivity contribution in [3.8, 4) is 0 Å². The summed E-state index contributed by atoms with van der Waals surface area (Å²) in [6.45, 7) is 4.07. The van der Waals surface area contributed by atoms with Crippen molar-refractivity contribution < 1.29 is 9.59 Å². The van der Waals surface area contributed by atoms with Gasteiger partial charge < -0.3 is 15.4 Å². The maximum atomic E-state index is 12.0. The highest BCUT2D eigenvalue weighted by Crippen LogP contribution is 2.38. The summed E-state index contributed by atoms with van der Waals surface area (Å²) in [5.41, 5.74) is 0.815. The van der Waals surface area contributed by atoms with Gasteiger partial charge in [0.25, 0.3) is 5.91 Å². The van der Waals surface area contributed by atoms with Gasteiger partial charge in [-0.2, -0.15) is 0 Å². The summed E-state index contributed by atoms with van der Waals surface area (Å²) in [6.07, 6.45) is 8.34. The molecule has 0 saturated heterocycles. The molecule has 28 heavy (non-hydrogen) atoms. The highest BCUT2D eigenvalue weighted by atomic mass is 32.1. The molecule has 0 spiro atoms. The van der Waals surface area contributed by atoms with Crippen molar-refractivity contribution in [3.63, 3.8) is 0 Å². The molecule has 1 saturated carbocycles. The lowest BCUT2D eigenvalue weighted by Crippen LogP contribution is -2.43. The molecular weight excluding hydrogens is 372 g/mol. The molecule has 2 aromatic rings. The minimum absolute atomic E-state index is 0.0990. The number of aldehydes is 1. The summed E-state index contributed by atoms with van der Waals surface area (Å²) in [6, 6.07) is 5.99. The maximum absolute atomic E-state index is 12.0. The molecule has 2 atom stereocenters. The van der Waals surface area contributed by atoms with E-state index in [4.69, 9.17) is 0 Å². The van der Waals surface area contributed by atoms with Gasteiger partial charge in [0, 0.05) is 35.8 Å². The van der Waals surface area contributed by atoms with Gasteiger partial charge in [-0.3, -0.25) is 4.79 Å². The van der Waals surface area contributed by atoms with E-state index in [-0.39, 0.29) is 17.4 Å². The highest BCUT2D eigenvalue weighted by Gasteiger charge is 2.36. The van der Waals surface area contributed by atoms with Gasteiger partial charge in [0.05, 0.1) is 0 Å². The number of amides is 1. The Hall–Kier alpha value is -2.28. The Morgan fingerprint density at radius 2 is 2.25 bits per heavy atom. The van der Waals surface area contributed by atoms with Crippen LogP contribution < -0.4 is 10.6 Å². The van der Waals surface area contributed by atoms with E-state index in [1.807, 2.05) is 32.2 Å². The molecule has 2 aromatic heterocycles. The Morgan fingerprint density at radius 3 is 2.82 bits per heavy atom. The summed E-state index contributed by atoms with van der Waals surface area (Å²) in [5, 5.41) is 8.27. The first-order valence-electron chi connectivity index (χ1n) is 9.80. The fourth-order valence-corrected chi connectivity index (χ4v) is 4.21. The van der Waals surface area contributed by atoms with Gasteiger partial charge in [0.15, 0.2) is 5.01 Å². The van der Waals surface area contributed by atoms with Crippen LogP contribution in [0.4, 0.5) is 5.82 Å². The molecule has 0 radical (unpaired) electrons. The van der Waals surface area contributed by atoms with E-state index >= 15 is 0 Å². The highest BCUT2D eigenvalue weighted by molar-refractivity contribution is 7.11. The van der Waals surface area contributed by atoms with E-state index in [2.05, 4.69) is 27.5 Å². The van der Waals surface area contributed by atoms with E-state index in [9.17, 15) is 9.59 Å². The van der Waals surface area contributed by atoms with Crippen LogP contribution in [0.25, 0.3) is 0 Å². The molecule has 1 aliphatic rings. The predicted octanol–water partition coefficient (Wildman–Crippen LogP) is 4.23. The Kier molecular flexibility index (Phi) is 8.57. The van der Waals surface area contributed by atoms with Crippen LogP contribution in [0.3, 0.4) is 0 Å². The topological polar surface area (TPSA) is 84.0 Å². The van der Waals surface area contributed by atoms with Crippen LogP contribution in [0, 0.1) is 12.3 Å². The zero-order valence-corrected chi connectivity index (χ0v) is 17.7. The fraction of sp³-hybridized carbons (Fsp3) is 0.524. The number of pyridine rings is 1. The molecule has 1 aliphatic carbocycles. The molecule has 152 valence electrons. The smallest absolute Gasteiger partial charge is 0.280 e. The van der Waals surface area contributed by atoms with Crippen molar-refractivity contribution in [1.82, 2.24) is 15.3 Å². The van der Waals surface area contributed by atoms with Crippen LogP contribution in [0.1, 0.15) is 60.9 Å². The zero-order valence-electron chi connectivity index (χ0n) is 16.9. The first kappa shape index (κ1) is 22.0. The molecule has 7 heteroatoms. The van der Waals surface area contributed by atoms with Crippen molar-refractivity contribution >= 4 is 29.3 Å². The number of aromatic nitrogens is 2. The van der Waals surface area contributed by atoms with Crippen LogP contribution in [0.2, 0.25) is 0 Å². The predicted molar refractivity (Wildman–Crippen MR) is 114 cm³/mol. The number of hydrogen-bond donors (Lipinski definition) is 2. The van der Waals surface area contributed by atoms with Crippen molar-refractivity contribution in [2.45, 2.75) is 58.4 Å². The third-order valence-corrected chi connectivity index (χ3v) is 5.76. The summed E-state index contributed by atoms with van der Waals surface area (Å²) < 4.78 is 0. The number of thiazole rings is 1. The SMILES string of the molecule is CCCC1(C=O)CCCC(NC(=O)c2nccs2)C1.CNc1cccc(C)n1. The maximum Gasteiger partial charge on any atom is 0.280 e. The van der Waals surface area contributed by atoms with Gasteiger partial charge in [-0.1, -0.05) is 25.8 Å². The average molecular weight is 403 g/mol. The number of nitrogens with zero attached hydrogens (tertiary/aromatic N) is 2. The van der Waals surface area contributed by atoms with E-state index < -0.39 is 0 Å². The van der Waals surface area contributed by atoms with Gasteiger partial charge in [-0.05, 0) is 44.7 Å². The Balaban J connectivity index is 0.000000261. The van der Waals surface area contributed by atoms with E-state index in [1.165, 1.54) is 11.3 Å². The van der Waals surface area contributed by atoms with Crippen molar-refractivity contribution in [3.05, 3.63) is 40.5 Å². The summed E-state index contributed by atoms with van der Waals surface area (Å²) in [4.78, 5) is 31.6. The van der Waals surface area contributed by atoms with Crippen LogP contribution >= 0.6 is 11.3 Å². The number of hydrogen-bond acceptors (Lipinski definition) is 6. The van der Waals surface area contributed by atoms with Crippen molar-refractivity contribution in [2.75, 3.05) is 12.4 Å². The van der Waals surface area contributed by atoms with E-state index in [0.29, 0.717) is 5.01 Å². The standard InChI is InChI=1S/C14H20N2O2S.C7H10N2/c1-2-5-14(10-17)6-3-4-11(9-14)16-12(18)13-15-7-8-19-13;1-6-4-3-5-7(8-2)9-6/h7-8,10-11H,2-6,9H2,1H3,(H,16,18);3-5H,1-2H3,(H,8,9). The van der Waals surface area contributed by atoms with Gasteiger partial charge in [-0.25, -0.2) is 9.97 Å². The number of aryl methyl sites for hydroxylation is 1. The third kappa shape index (κ3) is 6.41. The third-order valence-electron chi connectivity index (χ3n) is 4.98. The quantitative estimate of drug-likeness (QED) is 0.706. The van der Waals surface area contributed by atoms with E-state index in [0.717, 1.165) is 56.3 Å². The van der Waals surface area contributed by atoms with Crippen LogP contribution in [0.5, 0.6) is 0 Å². The normalized spacial score (nSPS) is 21.2. The first-order valence-corrected chi connectivity index (χ1v) is 10.7. The van der Waals surface area contributed by atoms with Crippen LogP contribution in [-0.2, 0) is 4.79 Å². The van der Waals surface area contributed by atoms with Crippen LogP contribution in [-0.4, -0.2) is 35.3 Å². The average Bonchev–Trinajstić information content (AvgIpc) is 3.24. The van der Waals surface area contributed by atoms with Gasteiger partial charge in [0.2, 0.25) is 0 Å². The zero-order chi connectivity index (χ0) is 20.4. The number of carbonyl (C=O) groups is 2. The molecule has 2 N–H and O–H groups in total.